The summed E-state index contributed by atoms with van der Waals surface area (Å²) in [5, 5.41) is 10.2. The molecular weight excluding hydrogens is 631 g/mol. The van der Waals surface area contributed by atoms with Crippen molar-refractivity contribution in [2.45, 2.75) is 12.5 Å². The Morgan fingerprint density at radius 1 is 0.442 bits per heavy atom. The van der Waals surface area contributed by atoms with Crippen molar-refractivity contribution in [3.63, 3.8) is 0 Å². The highest BCUT2D eigenvalue weighted by Gasteiger charge is 2.27. The van der Waals surface area contributed by atoms with Gasteiger partial charge in [-0.15, -0.1) is 0 Å². The van der Waals surface area contributed by atoms with Crippen LogP contribution in [0.15, 0.2) is 175 Å². The van der Waals surface area contributed by atoms with Gasteiger partial charge in [-0.1, -0.05) is 140 Å². The van der Waals surface area contributed by atoms with Gasteiger partial charge in [-0.25, -0.2) is 0 Å². The van der Waals surface area contributed by atoms with E-state index in [0.29, 0.717) is 0 Å². The molecule has 3 aromatic heterocycles. The smallest absolute Gasteiger partial charge is 0.0803 e. The first-order valence-electron chi connectivity index (χ1n) is 18.2. The van der Waals surface area contributed by atoms with E-state index in [9.17, 15) is 0 Å². The summed E-state index contributed by atoms with van der Waals surface area (Å²) < 4.78 is 5.03. The summed E-state index contributed by atoms with van der Waals surface area (Å²) >= 11 is 0. The van der Waals surface area contributed by atoms with Gasteiger partial charge < -0.3 is 8.97 Å². The van der Waals surface area contributed by atoms with E-state index in [1.54, 1.807) is 0 Å². The third-order valence-electron chi connectivity index (χ3n) is 11.6. The van der Waals surface area contributed by atoms with Crippen molar-refractivity contribution in [2.24, 2.45) is 4.99 Å². The Kier molecular flexibility index (Phi) is 5.61. The van der Waals surface area contributed by atoms with E-state index < -0.39 is 0 Å². The minimum absolute atomic E-state index is 0.00578. The van der Waals surface area contributed by atoms with E-state index in [0.717, 1.165) is 17.7 Å². The molecule has 4 heterocycles. The fourth-order valence-electron chi connectivity index (χ4n) is 9.44. The number of hydrogen-bond acceptors (Lipinski definition) is 1. The fourth-order valence-corrected chi connectivity index (χ4v) is 9.44. The summed E-state index contributed by atoms with van der Waals surface area (Å²) in [6, 6.07) is 62.4. The van der Waals surface area contributed by atoms with Crippen molar-refractivity contribution >= 4 is 76.4 Å². The molecule has 0 fully saturated rings. The lowest BCUT2D eigenvalue weighted by Crippen LogP contribution is -2.17. The van der Waals surface area contributed by atoms with Gasteiger partial charge in [-0.2, -0.15) is 0 Å². The van der Waals surface area contributed by atoms with Crippen molar-refractivity contribution in [1.82, 2.24) is 8.97 Å². The predicted octanol–water partition coefficient (Wildman–Crippen LogP) is 12.2. The standard InChI is InChI=1S/C49H31N3/c1-2-13-30(14-3-1)48-32-16-5-4-15-31(32)29-40(50-48)34-25-27-43(35-18-7-6-17-33(34)35)51-44-24-12-21-38-36-19-8-10-22-41(36)52-42-23-11-9-20-37(42)39-26-28-45(51)47(46(38)44)49(39)52/h1-28,40H,29H2. The number of aliphatic imine (C=N–C) groups is 1. The topological polar surface area (TPSA) is 21.7 Å². The Morgan fingerprint density at radius 3 is 1.90 bits per heavy atom. The number of aromatic nitrogens is 2. The van der Waals surface area contributed by atoms with E-state index in [2.05, 4.69) is 179 Å². The van der Waals surface area contributed by atoms with Crippen molar-refractivity contribution in [1.29, 1.82) is 0 Å². The second-order valence-electron chi connectivity index (χ2n) is 14.2. The number of nitrogens with zero attached hydrogens (tertiary/aromatic N) is 3. The molecule has 1 unspecified atom stereocenters. The summed E-state index contributed by atoms with van der Waals surface area (Å²) in [5.74, 6) is 0. The van der Waals surface area contributed by atoms with Gasteiger partial charge in [0.05, 0.1) is 45.0 Å². The molecule has 1 aliphatic heterocycles. The summed E-state index contributed by atoms with van der Waals surface area (Å²) in [6.07, 6.45) is 0.872. The minimum atomic E-state index is 0.00578. The first-order chi connectivity index (χ1) is 25.8. The Balaban J connectivity index is 1.17. The van der Waals surface area contributed by atoms with E-state index in [1.165, 1.54) is 93.1 Å². The summed E-state index contributed by atoms with van der Waals surface area (Å²) in [7, 11) is 0. The highest BCUT2D eigenvalue weighted by molar-refractivity contribution is 6.33. The third-order valence-corrected chi connectivity index (χ3v) is 11.6. The van der Waals surface area contributed by atoms with Crippen LogP contribution in [-0.4, -0.2) is 14.7 Å². The average Bonchev–Trinajstić information content (AvgIpc) is 3.69. The van der Waals surface area contributed by atoms with Gasteiger partial charge in [0.2, 0.25) is 0 Å². The molecular formula is C49H31N3. The molecule has 0 N–H and O–H groups in total. The van der Waals surface area contributed by atoms with Crippen molar-refractivity contribution in [2.75, 3.05) is 0 Å². The molecule has 1 aliphatic rings. The normalized spacial score (nSPS) is 14.8. The van der Waals surface area contributed by atoms with Crippen molar-refractivity contribution < 1.29 is 0 Å². The number of rotatable bonds is 3. The number of hydrogen-bond donors (Lipinski definition) is 0. The monoisotopic (exact) mass is 661 g/mol. The average molecular weight is 662 g/mol. The maximum absolute atomic E-state index is 5.52. The summed E-state index contributed by atoms with van der Waals surface area (Å²) in [4.78, 5) is 5.52. The van der Waals surface area contributed by atoms with Gasteiger partial charge in [0.15, 0.2) is 0 Å². The Bertz CT molecular complexity index is 3270. The molecule has 242 valence electrons. The fraction of sp³-hybridized carbons (Fsp3) is 0.0408. The van der Waals surface area contributed by atoms with Gasteiger partial charge in [0.1, 0.15) is 0 Å². The quantitative estimate of drug-likeness (QED) is 0.180. The van der Waals surface area contributed by atoms with Gasteiger partial charge in [-0.05, 0) is 58.7 Å². The summed E-state index contributed by atoms with van der Waals surface area (Å²) in [6.45, 7) is 0. The molecule has 0 amide bonds. The van der Waals surface area contributed by atoms with Crippen LogP contribution in [0.2, 0.25) is 0 Å². The second kappa shape index (κ2) is 10.4. The van der Waals surface area contributed by atoms with Gasteiger partial charge in [0.25, 0.3) is 0 Å². The van der Waals surface area contributed by atoms with Crippen molar-refractivity contribution in [3.8, 4) is 5.69 Å². The molecule has 0 radical (unpaired) electrons. The Morgan fingerprint density at radius 2 is 1.08 bits per heavy atom. The van der Waals surface area contributed by atoms with E-state index >= 15 is 0 Å². The maximum atomic E-state index is 5.52. The van der Waals surface area contributed by atoms with Gasteiger partial charge in [0, 0.05) is 43.4 Å². The molecule has 3 nitrogen and oxygen atoms in total. The van der Waals surface area contributed by atoms with Crippen LogP contribution in [0.25, 0.3) is 76.4 Å². The zero-order chi connectivity index (χ0) is 33.9. The predicted molar refractivity (Wildman–Crippen MR) is 218 cm³/mol. The molecule has 8 aromatic carbocycles. The van der Waals surface area contributed by atoms with Gasteiger partial charge >= 0.3 is 0 Å². The molecule has 52 heavy (non-hydrogen) atoms. The number of fused-ring (bicyclic) bond motifs is 8. The van der Waals surface area contributed by atoms with Crippen LogP contribution in [0.5, 0.6) is 0 Å². The minimum Gasteiger partial charge on any atom is -0.309 e. The molecule has 0 saturated heterocycles. The number of para-hydroxylation sites is 2. The zero-order valence-corrected chi connectivity index (χ0v) is 28.3. The van der Waals surface area contributed by atoms with Crippen LogP contribution in [0.4, 0.5) is 0 Å². The zero-order valence-electron chi connectivity index (χ0n) is 28.3. The van der Waals surface area contributed by atoms with Crippen molar-refractivity contribution in [3.05, 3.63) is 192 Å². The molecule has 0 aliphatic carbocycles. The maximum Gasteiger partial charge on any atom is 0.0803 e. The lowest BCUT2D eigenvalue weighted by atomic mass is 9.86. The third kappa shape index (κ3) is 3.67. The molecule has 0 spiro atoms. The molecule has 12 rings (SSSR count). The Labute approximate surface area is 299 Å². The Hall–Kier alpha value is -6.71. The molecule has 0 saturated carbocycles. The lowest BCUT2D eigenvalue weighted by Gasteiger charge is -2.26. The van der Waals surface area contributed by atoms with Crippen LogP contribution in [0.1, 0.15) is 28.3 Å². The second-order valence-corrected chi connectivity index (χ2v) is 14.2. The first kappa shape index (κ1) is 28.0. The highest BCUT2D eigenvalue weighted by Crippen LogP contribution is 2.46. The summed E-state index contributed by atoms with van der Waals surface area (Å²) in [5.41, 5.74) is 13.5. The molecule has 0 bridgehead atoms. The molecule has 1 atom stereocenters. The SMILES string of the molecule is c1ccc(C2=NC(c3ccc(-n4c5cccc6c7ccccc7n7c8ccccc8c8ccc4c(c65)c87)c4ccccc34)Cc3ccccc32)cc1. The van der Waals surface area contributed by atoms with Crippen LogP contribution in [0.3, 0.4) is 0 Å². The first-order valence-corrected chi connectivity index (χ1v) is 18.2. The number of benzene rings is 8. The van der Waals surface area contributed by atoms with Crippen LogP contribution in [0, 0.1) is 0 Å². The van der Waals surface area contributed by atoms with Crippen LogP contribution < -0.4 is 0 Å². The van der Waals surface area contributed by atoms with E-state index in [1.807, 2.05) is 0 Å². The van der Waals surface area contributed by atoms with E-state index in [-0.39, 0.29) is 6.04 Å². The highest BCUT2D eigenvalue weighted by atomic mass is 15.0. The van der Waals surface area contributed by atoms with Crippen LogP contribution >= 0.6 is 0 Å². The largest absolute Gasteiger partial charge is 0.309 e. The van der Waals surface area contributed by atoms with Crippen LogP contribution in [-0.2, 0) is 6.42 Å². The molecule has 11 aromatic rings. The van der Waals surface area contributed by atoms with E-state index in [4.69, 9.17) is 4.99 Å². The van der Waals surface area contributed by atoms with Gasteiger partial charge in [-0.3, -0.25) is 4.99 Å². The molecule has 3 heteroatoms. The lowest BCUT2D eigenvalue weighted by molar-refractivity contribution is 0.718.